The van der Waals surface area contributed by atoms with Crippen LogP contribution in [0.25, 0.3) is 0 Å². The lowest BCUT2D eigenvalue weighted by molar-refractivity contribution is -0.118. The quantitative estimate of drug-likeness (QED) is 0.411. The van der Waals surface area contributed by atoms with Crippen LogP contribution in [-0.4, -0.2) is 12.1 Å². The minimum atomic E-state index is 0.233. The second-order valence-electron chi connectivity index (χ2n) is 11.5. The van der Waals surface area contributed by atoms with E-state index in [2.05, 4.69) is 19.2 Å². The Morgan fingerprint density at radius 2 is 1.58 bits per heavy atom. The lowest BCUT2D eigenvalue weighted by Gasteiger charge is -2.65. The van der Waals surface area contributed by atoms with Crippen LogP contribution in [0.4, 0.5) is 0 Å². The average Bonchev–Trinajstić information content (AvgIpc) is 2.71. The summed E-state index contributed by atoms with van der Waals surface area (Å²) in [5, 5.41) is 5.40. The fraction of sp³-hybridized carbons (Fsp3) is 0.571. The van der Waals surface area contributed by atoms with Gasteiger partial charge in [-0.3, -0.25) is 0 Å². The van der Waals surface area contributed by atoms with Gasteiger partial charge in [0.2, 0.25) is 0 Å². The number of rotatable bonds is 8. The Bertz CT molecular complexity index is 1020. The zero-order chi connectivity index (χ0) is 23.3. The van der Waals surface area contributed by atoms with Crippen molar-refractivity contribution in [2.24, 2.45) is 16.7 Å². The Labute approximate surface area is 208 Å². The van der Waals surface area contributed by atoms with Crippen LogP contribution in [0.3, 0.4) is 0 Å². The van der Waals surface area contributed by atoms with Gasteiger partial charge in [-0.05, 0) is 79.9 Å². The third-order valence-corrected chi connectivity index (χ3v) is 8.75. The smallest absolute Gasteiger partial charge is 0.163 e. The topological polar surface area (TPSA) is 30.5 Å². The van der Waals surface area contributed by atoms with E-state index >= 15 is 0 Å². The normalized spacial score (nSPS) is 32.2. The molecule has 0 radical (unpaired) electrons. The summed E-state index contributed by atoms with van der Waals surface area (Å²) >= 11 is 13.0. The zero-order valence-corrected chi connectivity index (χ0v) is 21.5. The summed E-state index contributed by atoms with van der Waals surface area (Å²) in [6.45, 7) is 8.70. The molecule has 0 aliphatic heterocycles. The zero-order valence-electron chi connectivity index (χ0n) is 20.0. The molecule has 33 heavy (non-hydrogen) atoms. The van der Waals surface area contributed by atoms with Gasteiger partial charge in [-0.2, -0.15) is 0 Å². The van der Waals surface area contributed by atoms with Gasteiger partial charge >= 0.3 is 0 Å². The molecule has 4 aliphatic carbocycles. The molecule has 4 bridgehead atoms. The molecule has 2 aromatic carbocycles. The molecule has 4 saturated carbocycles. The predicted molar refractivity (Wildman–Crippen MR) is 135 cm³/mol. The highest BCUT2D eigenvalue weighted by Crippen LogP contribution is 2.66. The maximum absolute atomic E-state index is 6.75. The van der Waals surface area contributed by atoms with E-state index in [1.54, 1.807) is 0 Å². The molecule has 4 fully saturated rings. The number of hydrogen-bond donors (Lipinski definition) is 1. The van der Waals surface area contributed by atoms with Crippen molar-refractivity contribution in [3.63, 3.8) is 0 Å². The molecular formula is C28H35Cl2NO2. The van der Waals surface area contributed by atoms with E-state index in [1.165, 1.54) is 38.5 Å². The minimum absolute atomic E-state index is 0.233. The first kappa shape index (κ1) is 23.3. The summed E-state index contributed by atoms with van der Waals surface area (Å²) in [7, 11) is 0. The first-order chi connectivity index (χ1) is 15.7. The van der Waals surface area contributed by atoms with Crippen LogP contribution in [0.5, 0.6) is 11.5 Å². The van der Waals surface area contributed by atoms with Gasteiger partial charge in [-0.15, -0.1) is 0 Å². The summed E-state index contributed by atoms with van der Waals surface area (Å²) in [5.74, 6) is 2.24. The Kier molecular flexibility index (Phi) is 6.12. The predicted octanol–water partition coefficient (Wildman–Crippen LogP) is 7.81. The standard InChI is InChI=1S/C28H35Cl2NO2/c1-4-32-24-9-21(23(30)10-25(24)33-15-20-7-5-6-8-22(20)29)14-31-28-13-19-11-26(2,17-28)16-27(3,12-19)18-28/h5-10,19,31H,4,11-18H2,1-3H3. The van der Waals surface area contributed by atoms with Gasteiger partial charge in [0, 0.05) is 33.8 Å². The largest absolute Gasteiger partial charge is 0.490 e. The van der Waals surface area contributed by atoms with Crippen molar-refractivity contribution in [1.29, 1.82) is 0 Å². The number of halogens is 2. The van der Waals surface area contributed by atoms with Crippen molar-refractivity contribution < 1.29 is 9.47 Å². The van der Waals surface area contributed by atoms with Gasteiger partial charge in [0.05, 0.1) is 6.61 Å². The maximum atomic E-state index is 6.75. The number of nitrogens with one attached hydrogen (secondary N) is 1. The molecule has 0 aromatic heterocycles. The molecule has 0 saturated heterocycles. The lowest BCUT2D eigenvalue weighted by Crippen LogP contribution is -2.63. The first-order valence-corrected chi connectivity index (χ1v) is 13.0. The van der Waals surface area contributed by atoms with Crippen molar-refractivity contribution in [3.8, 4) is 11.5 Å². The van der Waals surface area contributed by atoms with Crippen LogP contribution in [-0.2, 0) is 13.2 Å². The Morgan fingerprint density at radius 3 is 2.24 bits per heavy atom. The molecule has 0 amide bonds. The van der Waals surface area contributed by atoms with E-state index in [1.807, 2.05) is 43.3 Å². The second kappa shape index (κ2) is 8.66. The van der Waals surface area contributed by atoms with Gasteiger partial charge in [0.15, 0.2) is 11.5 Å². The van der Waals surface area contributed by atoms with Gasteiger partial charge in [-0.1, -0.05) is 55.2 Å². The van der Waals surface area contributed by atoms with E-state index in [4.69, 9.17) is 32.7 Å². The first-order valence-electron chi connectivity index (χ1n) is 12.3. The van der Waals surface area contributed by atoms with E-state index in [0.29, 0.717) is 39.8 Å². The van der Waals surface area contributed by atoms with Crippen LogP contribution < -0.4 is 14.8 Å². The molecule has 0 spiro atoms. The van der Waals surface area contributed by atoms with E-state index in [-0.39, 0.29) is 5.54 Å². The Balaban J connectivity index is 1.33. The van der Waals surface area contributed by atoms with Crippen LogP contribution in [0.15, 0.2) is 36.4 Å². The molecule has 1 N–H and O–H groups in total. The van der Waals surface area contributed by atoms with Gasteiger partial charge < -0.3 is 14.8 Å². The molecule has 2 atom stereocenters. The van der Waals surface area contributed by atoms with Gasteiger partial charge in [-0.25, -0.2) is 0 Å². The molecule has 2 aromatic rings. The van der Waals surface area contributed by atoms with Crippen molar-refractivity contribution in [3.05, 3.63) is 57.6 Å². The van der Waals surface area contributed by atoms with Crippen LogP contribution in [0, 0.1) is 16.7 Å². The third-order valence-electron chi connectivity index (χ3n) is 8.03. The molecule has 178 valence electrons. The number of hydrogen-bond acceptors (Lipinski definition) is 3. The maximum Gasteiger partial charge on any atom is 0.163 e. The van der Waals surface area contributed by atoms with Gasteiger partial charge in [0.25, 0.3) is 0 Å². The summed E-state index contributed by atoms with van der Waals surface area (Å²) < 4.78 is 12.0. The molecule has 6 rings (SSSR count). The van der Waals surface area contributed by atoms with E-state index in [9.17, 15) is 0 Å². The molecular weight excluding hydrogens is 453 g/mol. The average molecular weight is 488 g/mol. The van der Waals surface area contributed by atoms with Crippen LogP contribution >= 0.6 is 23.2 Å². The fourth-order valence-electron chi connectivity index (χ4n) is 7.79. The number of benzene rings is 2. The second-order valence-corrected chi connectivity index (χ2v) is 12.3. The Hall–Kier alpha value is -1.42. The van der Waals surface area contributed by atoms with E-state index in [0.717, 1.165) is 29.3 Å². The van der Waals surface area contributed by atoms with Crippen LogP contribution in [0.1, 0.15) is 70.4 Å². The van der Waals surface area contributed by atoms with Crippen molar-refractivity contribution in [2.45, 2.75) is 78.0 Å². The molecule has 3 nitrogen and oxygen atoms in total. The highest BCUT2D eigenvalue weighted by Gasteiger charge is 2.59. The summed E-state index contributed by atoms with van der Waals surface area (Å²) in [4.78, 5) is 0. The molecule has 0 heterocycles. The summed E-state index contributed by atoms with van der Waals surface area (Å²) in [6, 6.07) is 11.7. The number of ether oxygens (including phenoxy) is 2. The monoisotopic (exact) mass is 487 g/mol. The summed E-state index contributed by atoms with van der Waals surface area (Å²) in [6.07, 6.45) is 8.04. The SMILES string of the molecule is CCOc1cc(CNC23CC4CC(C)(CC(C)(C4)C2)C3)c(Cl)cc1OCc1ccccc1Cl. The van der Waals surface area contributed by atoms with Crippen molar-refractivity contribution >= 4 is 23.2 Å². The van der Waals surface area contributed by atoms with Gasteiger partial charge in [0.1, 0.15) is 6.61 Å². The van der Waals surface area contributed by atoms with Crippen molar-refractivity contribution in [1.82, 2.24) is 5.32 Å². The molecule has 5 heteroatoms. The van der Waals surface area contributed by atoms with E-state index < -0.39 is 0 Å². The minimum Gasteiger partial charge on any atom is -0.490 e. The van der Waals surface area contributed by atoms with Crippen molar-refractivity contribution in [2.75, 3.05) is 6.61 Å². The highest BCUT2D eigenvalue weighted by atomic mass is 35.5. The molecule has 2 unspecified atom stereocenters. The fourth-order valence-corrected chi connectivity index (χ4v) is 8.20. The third kappa shape index (κ3) is 4.74. The Morgan fingerprint density at radius 1 is 0.879 bits per heavy atom. The highest BCUT2D eigenvalue weighted by molar-refractivity contribution is 6.31. The lowest BCUT2D eigenvalue weighted by atomic mass is 9.43. The van der Waals surface area contributed by atoms with Crippen LogP contribution in [0.2, 0.25) is 10.0 Å². The molecule has 4 aliphatic rings. The summed E-state index contributed by atoms with van der Waals surface area (Å²) in [5.41, 5.74) is 3.20.